The summed E-state index contributed by atoms with van der Waals surface area (Å²) < 4.78 is 47.9. The van der Waals surface area contributed by atoms with E-state index in [9.17, 15) is 17.9 Å². The second kappa shape index (κ2) is 10.1. The number of thioether (sulfide) groups is 1. The lowest BCUT2D eigenvalue weighted by Crippen LogP contribution is -2.37. The Balaban J connectivity index is 1.68. The van der Waals surface area contributed by atoms with Gasteiger partial charge in [-0.25, -0.2) is 4.39 Å². The molecule has 0 radical (unpaired) electrons. The number of nitrogens with zero attached hydrogens (tertiary/aromatic N) is 2. The van der Waals surface area contributed by atoms with Gasteiger partial charge < -0.3 is 14.7 Å². The van der Waals surface area contributed by atoms with Crippen molar-refractivity contribution < 1.29 is 22.7 Å². The highest BCUT2D eigenvalue weighted by Crippen LogP contribution is 2.37. The van der Waals surface area contributed by atoms with E-state index in [-0.39, 0.29) is 27.7 Å². The summed E-state index contributed by atoms with van der Waals surface area (Å²) in [5.41, 5.74) is 3.65. The monoisotopic (exact) mass is 521 g/mol. The van der Waals surface area contributed by atoms with Gasteiger partial charge in [0.2, 0.25) is 0 Å². The molecule has 0 aliphatic carbocycles. The van der Waals surface area contributed by atoms with Crippen molar-refractivity contribution in [1.82, 2.24) is 0 Å². The van der Waals surface area contributed by atoms with Crippen LogP contribution in [-0.2, 0) is 21.2 Å². The lowest BCUT2D eigenvalue weighted by molar-refractivity contribution is -0.305. The van der Waals surface area contributed by atoms with Crippen molar-refractivity contribution in [3.8, 4) is 0 Å². The van der Waals surface area contributed by atoms with Crippen molar-refractivity contribution in [3.63, 3.8) is 0 Å². The van der Waals surface area contributed by atoms with Gasteiger partial charge in [-0.15, -0.1) is 5.76 Å². The van der Waals surface area contributed by atoms with Crippen LogP contribution in [0.1, 0.15) is 16.7 Å². The topological polar surface area (TPSA) is 82.0 Å². The number of ether oxygens (including phenoxy) is 1. The molecular formula is C24H23ClFN2O4S2-. The number of allylic oxidation sites excluding steroid dienone is 3. The van der Waals surface area contributed by atoms with Crippen molar-refractivity contribution in [2.75, 3.05) is 31.2 Å². The number of rotatable bonds is 5. The third-order valence-electron chi connectivity index (χ3n) is 5.75. The highest BCUT2D eigenvalue weighted by molar-refractivity contribution is 8.07. The van der Waals surface area contributed by atoms with Gasteiger partial charge in [0.25, 0.3) is 10.0 Å². The maximum absolute atomic E-state index is 13.3. The van der Waals surface area contributed by atoms with Gasteiger partial charge in [-0.2, -0.15) is 12.8 Å². The van der Waals surface area contributed by atoms with Crippen LogP contribution in [0, 0.1) is 19.7 Å². The molecule has 0 amide bonds. The first-order valence-electron chi connectivity index (χ1n) is 10.6. The average Bonchev–Trinajstić information content (AvgIpc) is 3.25. The van der Waals surface area contributed by atoms with Crippen molar-refractivity contribution in [2.24, 2.45) is 4.40 Å². The number of hydrogen-bond donors (Lipinski definition) is 0. The summed E-state index contributed by atoms with van der Waals surface area (Å²) >= 11 is 7.71. The predicted molar refractivity (Wildman–Crippen MR) is 132 cm³/mol. The zero-order valence-corrected chi connectivity index (χ0v) is 21.1. The summed E-state index contributed by atoms with van der Waals surface area (Å²) in [6.45, 7) is 6.51. The Hall–Kier alpha value is -2.33. The Morgan fingerprint density at radius 2 is 1.91 bits per heavy atom. The first-order chi connectivity index (χ1) is 16.2. The fraction of sp³-hybridized carbons (Fsp3) is 0.292. The maximum Gasteiger partial charge on any atom is 0.282 e. The molecule has 2 aromatic rings. The van der Waals surface area contributed by atoms with E-state index < -0.39 is 15.8 Å². The van der Waals surface area contributed by atoms with Crippen molar-refractivity contribution in [3.05, 3.63) is 80.0 Å². The van der Waals surface area contributed by atoms with Crippen LogP contribution in [0.2, 0.25) is 5.02 Å². The summed E-state index contributed by atoms with van der Waals surface area (Å²) in [6.07, 6.45) is 1.59. The Morgan fingerprint density at radius 3 is 2.59 bits per heavy atom. The Kier molecular flexibility index (Phi) is 7.37. The van der Waals surface area contributed by atoms with Crippen molar-refractivity contribution >= 4 is 44.8 Å². The Labute approximate surface area is 207 Å². The SMILES string of the molecule is Cc1cc(Cl)c(N2CCOCC2)c(C)c1C/C([O-])=C1/SC=C/C1=N\S(=O)(=O)c1ccc(F)cc1. The molecule has 6 nitrogen and oxygen atoms in total. The van der Waals surface area contributed by atoms with Gasteiger partial charge in [-0.1, -0.05) is 23.4 Å². The number of sulfonamides is 1. The van der Waals surface area contributed by atoms with Gasteiger partial charge in [0.1, 0.15) is 5.82 Å². The molecule has 2 aliphatic heterocycles. The standard InChI is InChI=1S/C24H24ClFN2O4S2/c1-15-13-20(25)23(28-8-10-32-11-9-28)16(2)19(15)14-22(29)24-21(7-12-33-24)27-34(30,31)18-5-3-17(26)4-6-18/h3-7,12-13,29H,8-11,14H2,1-2H3/p-1/b24-22-,27-21+. The van der Waals surface area contributed by atoms with Crippen LogP contribution in [0.25, 0.3) is 0 Å². The number of morpholine rings is 1. The van der Waals surface area contributed by atoms with E-state index in [0.717, 1.165) is 58.4 Å². The van der Waals surface area contributed by atoms with Gasteiger partial charge in [-0.3, -0.25) is 0 Å². The van der Waals surface area contributed by atoms with E-state index in [2.05, 4.69) is 9.30 Å². The highest BCUT2D eigenvalue weighted by Gasteiger charge is 2.22. The minimum absolute atomic E-state index is 0.0806. The average molecular weight is 522 g/mol. The largest absolute Gasteiger partial charge is 0.874 e. The molecule has 4 rings (SSSR count). The molecule has 10 heteroatoms. The molecule has 0 saturated carbocycles. The van der Waals surface area contributed by atoms with Crippen LogP contribution in [0.4, 0.5) is 10.1 Å². The molecule has 0 bridgehead atoms. The van der Waals surface area contributed by atoms with Crippen molar-refractivity contribution in [2.45, 2.75) is 25.2 Å². The Morgan fingerprint density at radius 1 is 1.24 bits per heavy atom. The highest BCUT2D eigenvalue weighted by atomic mass is 35.5. The van der Waals surface area contributed by atoms with Gasteiger partial charge in [0.05, 0.1) is 34.5 Å². The molecule has 0 unspecified atom stereocenters. The number of aryl methyl sites for hydroxylation is 1. The fourth-order valence-electron chi connectivity index (χ4n) is 4.02. The lowest BCUT2D eigenvalue weighted by atomic mass is 9.96. The molecule has 34 heavy (non-hydrogen) atoms. The second-order valence-corrected chi connectivity index (χ2v) is 10.9. The van der Waals surface area contributed by atoms with Crippen LogP contribution in [0.5, 0.6) is 0 Å². The van der Waals surface area contributed by atoms with Crippen LogP contribution < -0.4 is 10.0 Å². The third-order valence-corrected chi connectivity index (χ3v) is 8.28. The summed E-state index contributed by atoms with van der Waals surface area (Å²) in [7, 11) is -4.10. The van der Waals surface area contributed by atoms with Crippen molar-refractivity contribution in [1.29, 1.82) is 0 Å². The Bertz CT molecular complexity index is 1300. The van der Waals surface area contributed by atoms with Gasteiger partial charge in [0.15, 0.2) is 0 Å². The smallest absolute Gasteiger partial charge is 0.282 e. The normalized spacial score (nSPS) is 19.2. The molecule has 180 valence electrons. The minimum atomic E-state index is -4.10. The quantitative estimate of drug-likeness (QED) is 0.550. The molecule has 0 atom stereocenters. The maximum atomic E-state index is 13.3. The molecule has 2 aromatic carbocycles. The van der Waals surface area contributed by atoms with Gasteiger partial charge in [0, 0.05) is 18.0 Å². The molecule has 2 aliphatic rings. The van der Waals surface area contributed by atoms with E-state index in [4.69, 9.17) is 16.3 Å². The zero-order chi connectivity index (χ0) is 24.5. The van der Waals surface area contributed by atoms with E-state index in [1.54, 1.807) is 5.41 Å². The summed E-state index contributed by atoms with van der Waals surface area (Å²) in [5.74, 6) is -0.778. The van der Waals surface area contributed by atoms with Crippen LogP contribution in [-0.4, -0.2) is 40.4 Å². The first-order valence-corrected chi connectivity index (χ1v) is 13.3. The molecule has 2 heterocycles. The number of hydrogen-bond acceptors (Lipinski definition) is 6. The molecule has 0 aromatic heterocycles. The van der Waals surface area contributed by atoms with E-state index >= 15 is 0 Å². The summed E-state index contributed by atoms with van der Waals surface area (Å²) in [5, 5.41) is 15.5. The van der Waals surface area contributed by atoms with Gasteiger partial charge >= 0.3 is 0 Å². The summed E-state index contributed by atoms with van der Waals surface area (Å²) in [4.78, 5) is 2.28. The molecule has 0 N–H and O–H groups in total. The molecule has 1 saturated heterocycles. The van der Waals surface area contributed by atoms with Crippen LogP contribution in [0.3, 0.4) is 0 Å². The number of halogens is 2. The van der Waals surface area contributed by atoms with E-state index in [1.165, 1.54) is 6.08 Å². The van der Waals surface area contributed by atoms with E-state index in [1.807, 2.05) is 19.9 Å². The van der Waals surface area contributed by atoms with Gasteiger partial charge in [-0.05, 0) is 78.8 Å². The molecule has 1 fully saturated rings. The fourth-order valence-corrected chi connectivity index (χ4v) is 6.27. The van der Waals surface area contributed by atoms with Crippen LogP contribution >= 0.6 is 23.4 Å². The van der Waals surface area contributed by atoms with E-state index in [0.29, 0.717) is 31.3 Å². The lowest BCUT2D eigenvalue weighted by Gasteiger charge is -2.32. The molecule has 0 spiro atoms. The number of anilines is 1. The minimum Gasteiger partial charge on any atom is -0.874 e. The number of benzene rings is 2. The third kappa shape index (κ3) is 5.17. The summed E-state index contributed by atoms with van der Waals surface area (Å²) in [6, 6.07) is 6.27. The zero-order valence-electron chi connectivity index (χ0n) is 18.7. The van der Waals surface area contributed by atoms with Crippen LogP contribution in [0.15, 0.2) is 61.8 Å². The first kappa shape index (κ1) is 24.8. The predicted octanol–water partition coefficient (Wildman–Crippen LogP) is 4.14. The molecular weight excluding hydrogens is 499 g/mol. The second-order valence-electron chi connectivity index (χ2n) is 7.98.